The molecule has 1 spiro atoms. The van der Waals surface area contributed by atoms with Crippen molar-refractivity contribution in [1.29, 1.82) is 0 Å². The van der Waals surface area contributed by atoms with Crippen molar-refractivity contribution < 1.29 is 47.6 Å². The molecule has 82 heavy (non-hydrogen) atoms. The lowest BCUT2D eigenvalue weighted by atomic mass is 9.57. The van der Waals surface area contributed by atoms with Crippen molar-refractivity contribution >= 4 is 57.0 Å². The molecule has 7 aliphatic rings. The van der Waals surface area contributed by atoms with E-state index in [2.05, 4.69) is 55.2 Å². The van der Waals surface area contributed by atoms with Gasteiger partial charge >= 0.3 is 12.1 Å². The van der Waals surface area contributed by atoms with Gasteiger partial charge in [0.15, 0.2) is 5.82 Å². The summed E-state index contributed by atoms with van der Waals surface area (Å²) in [6.07, 6.45) is 14.4. The van der Waals surface area contributed by atoms with Gasteiger partial charge in [-0.25, -0.2) is 13.6 Å². The van der Waals surface area contributed by atoms with Gasteiger partial charge in [0.25, 0.3) is 0 Å². The van der Waals surface area contributed by atoms with Gasteiger partial charge in [-0.2, -0.15) is 9.97 Å². The fourth-order valence-corrected chi connectivity index (χ4v) is 14.0. The molecule has 6 saturated heterocycles. The van der Waals surface area contributed by atoms with Gasteiger partial charge in [0.2, 0.25) is 17.7 Å². The Morgan fingerprint density at radius 3 is 2.40 bits per heavy atom. The van der Waals surface area contributed by atoms with E-state index in [4.69, 9.17) is 9.47 Å². The van der Waals surface area contributed by atoms with Gasteiger partial charge in [-0.05, 0) is 167 Å². The average molecular weight is 1130 g/mol. The number of aryl methyl sites for hydroxylation is 2. The number of aromatic hydroxyl groups is 1. The number of likely N-dealkylation sites (tertiary alicyclic amines) is 2. The third-order valence-electron chi connectivity index (χ3n) is 18.5. The minimum atomic E-state index is -0.727. The quantitative estimate of drug-likeness (QED) is 0.106. The van der Waals surface area contributed by atoms with Crippen LogP contribution in [0.25, 0.3) is 32.9 Å². The summed E-state index contributed by atoms with van der Waals surface area (Å²) in [4.78, 5) is 70.0. The number of halogens is 2. The van der Waals surface area contributed by atoms with E-state index >= 15 is 4.39 Å². The average Bonchev–Trinajstić information content (AvgIpc) is 4.21. The fraction of sp³-hybridized carbons (Fsp3) is 0.571. The highest BCUT2D eigenvalue weighted by Gasteiger charge is 2.54. The molecule has 17 nitrogen and oxygen atoms in total. The van der Waals surface area contributed by atoms with Crippen LogP contribution >= 0.6 is 0 Å². The van der Waals surface area contributed by atoms with E-state index in [1.807, 2.05) is 42.5 Å². The number of piperidine rings is 3. The van der Waals surface area contributed by atoms with E-state index in [1.165, 1.54) is 102 Å². The molecular weight excluding hydrogens is 1050 g/mol. The number of carbonyl (C=O) groups is 4. The smallest absolute Gasteiger partial charge is 0.409 e. The number of fused-ring (bicyclic) bond motifs is 3. The lowest BCUT2D eigenvalue weighted by molar-refractivity contribution is -0.135. The van der Waals surface area contributed by atoms with Gasteiger partial charge in [0.1, 0.15) is 35.2 Å². The normalized spacial score (nSPS) is 22.8. The number of nitrogens with zero attached hydrogens (tertiary/aromatic N) is 8. The third kappa shape index (κ3) is 12.5. The van der Waals surface area contributed by atoms with Crippen LogP contribution in [0.5, 0.6) is 11.8 Å². The van der Waals surface area contributed by atoms with Crippen LogP contribution in [0.1, 0.15) is 127 Å². The molecule has 4 amide bonds. The molecule has 0 bridgehead atoms. The largest absolute Gasteiger partial charge is 0.508 e. The molecule has 8 heterocycles. The summed E-state index contributed by atoms with van der Waals surface area (Å²) >= 11 is 0. The van der Waals surface area contributed by atoms with Gasteiger partial charge in [0, 0.05) is 93.5 Å². The van der Waals surface area contributed by atoms with Crippen molar-refractivity contribution in [2.45, 2.75) is 142 Å². The maximum Gasteiger partial charge on any atom is 0.409 e. The van der Waals surface area contributed by atoms with Crippen LogP contribution in [0.3, 0.4) is 0 Å². The lowest BCUT2D eigenvalue weighted by Crippen LogP contribution is -2.65. The van der Waals surface area contributed by atoms with Crippen LogP contribution in [-0.4, -0.2) is 155 Å². The maximum absolute atomic E-state index is 16.0. The second-order valence-corrected chi connectivity index (χ2v) is 24.2. The first kappa shape index (κ1) is 58.6. The van der Waals surface area contributed by atoms with Gasteiger partial charge in [-0.1, -0.05) is 39.0 Å². The molecule has 7 fully saturated rings. The highest BCUT2D eigenvalue weighted by atomic mass is 19.1. The molecule has 6 aliphatic heterocycles. The number of β-amino-alcohol motifs (C(OH)–C–C–N with tert-alkyl or cyclic N) is 1. The molecule has 2 aromatic heterocycles. The SMILES string of the molecule is CC1CCC(=O)NC1=O.CCC(=O)N(C)c1cc(C2CCN(CC3CC4(C3)CN(C(=O)OCC3CCC5CCCN53)C4)CC2)ccc1C.CCc1c(F)ccc2cc(O)cc(-c3ncc4c(N5CCCC(O)C5)nc(OC)nc4c3F)c12. The van der Waals surface area contributed by atoms with E-state index in [1.54, 1.807) is 6.07 Å². The molecule has 4 unspecified atom stereocenters. The van der Waals surface area contributed by atoms with Crippen molar-refractivity contribution in [3.63, 3.8) is 0 Å². The highest BCUT2D eigenvalue weighted by molar-refractivity contribution is 6.02. The predicted octanol–water partition coefficient (Wildman–Crippen LogP) is 9.44. The number of methoxy groups -OCH3 is 1. The molecule has 3 N–H and O–H groups in total. The summed E-state index contributed by atoms with van der Waals surface area (Å²) in [5.41, 5.74) is 4.60. The third-order valence-corrected chi connectivity index (χ3v) is 18.5. The summed E-state index contributed by atoms with van der Waals surface area (Å²) in [6, 6.07) is 13.7. The van der Waals surface area contributed by atoms with Crippen LogP contribution in [0.15, 0.2) is 48.7 Å². The number of anilines is 2. The van der Waals surface area contributed by atoms with E-state index < -0.39 is 17.7 Å². The van der Waals surface area contributed by atoms with Gasteiger partial charge < -0.3 is 39.3 Å². The van der Waals surface area contributed by atoms with Crippen LogP contribution < -0.4 is 19.9 Å². The number of hydrogen-bond acceptors (Lipinski definition) is 14. The number of ether oxygens (including phenoxy) is 2. The fourth-order valence-electron chi connectivity index (χ4n) is 14.0. The van der Waals surface area contributed by atoms with Crippen LogP contribution in [0, 0.1) is 35.8 Å². The zero-order valence-electron chi connectivity index (χ0n) is 48.5. The topological polar surface area (TPSA) is 194 Å². The van der Waals surface area contributed by atoms with E-state index in [9.17, 15) is 33.8 Å². The first-order valence-electron chi connectivity index (χ1n) is 29.8. The molecule has 19 heteroatoms. The summed E-state index contributed by atoms with van der Waals surface area (Å²) < 4.78 is 41.6. The van der Waals surface area contributed by atoms with Crippen LogP contribution in [-0.2, 0) is 25.5 Å². The number of aliphatic hydroxyl groups is 1. The van der Waals surface area contributed by atoms with Crippen molar-refractivity contribution in [2.75, 3.05) is 82.9 Å². The number of aliphatic hydroxyl groups excluding tert-OH is 1. The molecule has 1 saturated carbocycles. The Bertz CT molecular complexity index is 3180. The second kappa shape index (κ2) is 25.1. The van der Waals surface area contributed by atoms with Crippen molar-refractivity contribution in [3.05, 3.63) is 77.0 Å². The van der Waals surface area contributed by atoms with Crippen molar-refractivity contribution in [3.8, 4) is 23.0 Å². The molecule has 0 radical (unpaired) electrons. The van der Waals surface area contributed by atoms with Crippen molar-refractivity contribution in [2.24, 2.45) is 17.3 Å². The van der Waals surface area contributed by atoms with E-state index in [0.717, 1.165) is 55.8 Å². The number of rotatable bonds is 11. The zero-order valence-corrected chi connectivity index (χ0v) is 48.5. The van der Waals surface area contributed by atoms with E-state index in [-0.39, 0.29) is 58.3 Å². The highest BCUT2D eigenvalue weighted by Crippen LogP contribution is 2.52. The van der Waals surface area contributed by atoms with Crippen molar-refractivity contribution in [1.82, 2.24) is 35.0 Å². The number of hydrogen-bond donors (Lipinski definition) is 3. The number of aromatic nitrogens is 3. The summed E-state index contributed by atoms with van der Waals surface area (Å²) in [7, 11) is 3.30. The minimum absolute atomic E-state index is 0.00198. The van der Waals surface area contributed by atoms with Gasteiger partial charge in [-0.15, -0.1) is 0 Å². The molecule has 1 aliphatic carbocycles. The van der Waals surface area contributed by atoms with Crippen LogP contribution in [0.2, 0.25) is 0 Å². The molecule has 12 rings (SSSR count). The zero-order chi connectivity index (χ0) is 58.0. The minimum Gasteiger partial charge on any atom is -0.508 e. The van der Waals surface area contributed by atoms with Gasteiger partial charge in [0.05, 0.1) is 18.6 Å². The number of carbonyl (C=O) groups excluding carboxylic acids is 4. The first-order chi connectivity index (χ1) is 39.4. The summed E-state index contributed by atoms with van der Waals surface area (Å²) in [6.45, 7) is 15.7. The Labute approximate surface area is 479 Å². The molecule has 440 valence electrons. The molecule has 4 atom stereocenters. The number of nitrogens with one attached hydrogen (secondary N) is 1. The van der Waals surface area contributed by atoms with Gasteiger partial charge in [-0.3, -0.25) is 29.6 Å². The van der Waals surface area contributed by atoms with E-state index in [0.29, 0.717) is 96.7 Å². The Hall–Kier alpha value is -6.57. The maximum atomic E-state index is 16.0. The molecular formula is C63H81F2N9O8. The number of phenolic OH excluding ortho intramolecular Hbond substituents is 1. The van der Waals surface area contributed by atoms with Crippen LogP contribution in [0.4, 0.5) is 25.1 Å². The molecule has 3 aromatic carbocycles. The summed E-state index contributed by atoms with van der Waals surface area (Å²) in [5.74, 6) is 0.468. The number of amides is 4. The Balaban J connectivity index is 0.000000160. The standard InChI is InChI=1S/C32H48N4O3.C25H24F2N4O3.C6H9NO2/c1-4-30(37)33(3)29-16-26(8-7-23(29)2)25-11-14-34(15-12-25)19-24-17-32(18-24)21-35(22-32)31(38)39-20-28-10-9-27-6-5-13-36(27)28;1-3-16-19(26)7-6-13-9-15(33)10-17(20(13)16)22-21(27)23-18(11-28-22)24(30-25(29-23)34-2)31-8-4-5-14(32)12-31;1-4-2-3-5(8)7-6(4)9/h7-8,16,24-25,27-28H,4-6,9-15,17-22H2,1-3H3;6-7,9-11,14,32-33H,3-5,8,12H2,1-2H3;4H,2-3H2,1H3,(H,7,8,9). The first-order valence-corrected chi connectivity index (χ1v) is 29.8. The summed E-state index contributed by atoms with van der Waals surface area (Å²) in [5, 5.41) is 24.1. The second-order valence-electron chi connectivity index (χ2n) is 24.2. The number of phenols is 1. The Morgan fingerprint density at radius 2 is 1.70 bits per heavy atom. The number of benzene rings is 3. The Morgan fingerprint density at radius 1 is 0.927 bits per heavy atom. The molecule has 5 aromatic rings. The Kier molecular flexibility index (Phi) is 17.9. The lowest BCUT2D eigenvalue weighted by Gasteiger charge is -2.59. The predicted molar refractivity (Wildman–Crippen MR) is 311 cm³/mol. The number of pyridine rings is 1. The monoisotopic (exact) mass is 1130 g/mol. The number of imide groups is 1.